The van der Waals surface area contributed by atoms with Crippen molar-refractivity contribution >= 4 is 0 Å². The molecule has 2 heteroatoms. The maximum Gasteiger partial charge on any atom is 0.118 e. The zero-order valence-electron chi connectivity index (χ0n) is 5.87. The number of rotatable bonds is 2. The van der Waals surface area contributed by atoms with E-state index in [9.17, 15) is 4.39 Å². The molecule has 0 aliphatic heterocycles. The van der Waals surface area contributed by atoms with Crippen molar-refractivity contribution in [3.05, 3.63) is 23.6 Å². The lowest BCUT2D eigenvalue weighted by Gasteiger charge is -1.99. The molecule has 9 heavy (non-hydrogen) atoms. The molecule has 0 saturated heterocycles. The smallest absolute Gasteiger partial charge is 0.118 e. The molecule has 0 radical (unpaired) electrons. The van der Waals surface area contributed by atoms with Crippen LogP contribution in [0.15, 0.2) is 23.6 Å². The summed E-state index contributed by atoms with van der Waals surface area (Å²) in [6, 6.07) is 0. The first-order valence-electron chi connectivity index (χ1n) is 2.80. The highest BCUT2D eigenvalue weighted by molar-refractivity contribution is 5.25. The van der Waals surface area contributed by atoms with Gasteiger partial charge in [0.25, 0.3) is 0 Å². The van der Waals surface area contributed by atoms with Gasteiger partial charge < -0.3 is 5.73 Å². The second kappa shape index (κ2) is 3.41. The zero-order valence-corrected chi connectivity index (χ0v) is 5.87. The van der Waals surface area contributed by atoms with E-state index in [2.05, 4.69) is 6.58 Å². The van der Waals surface area contributed by atoms with Gasteiger partial charge in [-0.05, 0) is 19.4 Å². The molecule has 1 nitrogen and oxygen atoms in total. The van der Waals surface area contributed by atoms with Crippen molar-refractivity contribution in [2.24, 2.45) is 5.73 Å². The molecule has 0 fully saturated rings. The molecule has 0 spiro atoms. The monoisotopic (exact) mass is 129 g/mol. The Hall–Kier alpha value is -0.630. The summed E-state index contributed by atoms with van der Waals surface area (Å²) in [5.41, 5.74) is 6.66. The number of allylic oxidation sites excluding steroid dienone is 2. The standard InChI is InChI=1S/C7H12FN/c1-5(4-9)6(2)7(3)8/h3-4,9H2,1-2H3/b6-5+. The van der Waals surface area contributed by atoms with Crippen LogP contribution in [-0.4, -0.2) is 6.54 Å². The molecule has 2 N–H and O–H groups in total. The lowest BCUT2D eigenvalue weighted by atomic mass is 10.1. The molecule has 0 amide bonds. The second-order valence-corrected chi connectivity index (χ2v) is 2.01. The molecule has 0 unspecified atom stereocenters. The van der Waals surface area contributed by atoms with Crippen molar-refractivity contribution in [3.8, 4) is 0 Å². The fourth-order valence-corrected chi connectivity index (χ4v) is 0.385. The minimum absolute atomic E-state index is 0.391. The second-order valence-electron chi connectivity index (χ2n) is 2.01. The Labute approximate surface area is 55.1 Å². The Kier molecular flexibility index (Phi) is 3.17. The minimum atomic E-state index is -0.391. The van der Waals surface area contributed by atoms with E-state index in [1.165, 1.54) is 0 Å². The van der Waals surface area contributed by atoms with E-state index in [0.717, 1.165) is 5.57 Å². The molecular weight excluding hydrogens is 117 g/mol. The van der Waals surface area contributed by atoms with E-state index in [1.807, 2.05) is 0 Å². The van der Waals surface area contributed by atoms with Crippen LogP contribution in [0.5, 0.6) is 0 Å². The first-order valence-corrected chi connectivity index (χ1v) is 2.80. The van der Waals surface area contributed by atoms with Crippen LogP contribution in [0.2, 0.25) is 0 Å². The molecular formula is C7H12FN. The predicted octanol–water partition coefficient (Wildman–Crippen LogP) is 1.76. The first-order chi connectivity index (χ1) is 4.09. The van der Waals surface area contributed by atoms with Crippen molar-refractivity contribution in [2.45, 2.75) is 13.8 Å². The largest absolute Gasteiger partial charge is 0.327 e. The summed E-state index contributed by atoms with van der Waals surface area (Å²) in [6.45, 7) is 7.00. The molecule has 0 aliphatic carbocycles. The number of hydrogen-bond donors (Lipinski definition) is 1. The maximum atomic E-state index is 12.2. The SMILES string of the molecule is C=C(F)/C(C)=C(\C)CN. The Morgan fingerprint density at radius 2 is 2.00 bits per heavy atom. The quantitative estimate of drug-likeness (QED) is 0.565. The fourth-order valence-electron chi connectivity index (χ4n) is 0.385. The van der Waals surface area contributed by atoms with Crippen LogP contribution in [0, 0.1) is 0 Å². The number of halogens is 1. The predicted molar refractivity (Wildman–Crippen MR) is 37.7 cm³/mol. The Morgan fingerprint density at radius 1 is 1.56 bits per heavy atom. The third-order valence-electron chi connectivity index (χ3n) is 1.35. The minimum Gasteiger partial charge on any atom is -0.327 e. The van der Waals surface area contributed by atoms with Crippen LogP contribution < -0.4 is 5.73 Å². The maximum absolute atomic E-state index is 12.2. The molecule has 0 atom stereocenters. The summed E-state index contributed by atoms with van der Waals surface area (Å²) >= 11 is 0. The van der Waals surface area contributed by atoms with Crippen molar-refractivity contribution < 1.29 is 4.39 Å². The molecule has 0 heterocycles. The van der Waals surface area contributed by atoms with Crippen LogP contribution >= 0.6 is 0 Å². The lowest BCUT2D eigenvalue weighted by molar-refractivity contribution is 0.652. The normalized spacial score (nSPS) is 12.9. The van der Waals surface area contributed by atoms with Gasteiger partial charge in [0.2, 0.25) is 0 Å². The van der Waals surface area contributed by atoms with Gasteiger partial charge in [-0.1, -0.05) is 12.2 Å². The molecule has 0 rings (SSSR count). The summed E-state index contributed by atoms with van der Waals surface area (Å²) in [5.74, 6) is -0.391. The van der Waals surface area contributed by atoms with Gasteiger partial charge in [0, 0.05) is 6.54 Å². The van der Waals surface area contributed by atoms with Crippen LogP contribution in [0.25, 0.3) is 0 Å². The lowest BCUT2D eigenvalue weighted by Crippen LogP contribution is -2.02. The topological polar surface area (TPSA) is 26.0 Å². The molecule has 0 bridgehead atoms. The third-order valence-corrected chi connectivity index (χ3v) is 1.35. The summed E-state index contributed by atoms with van der Waals surface area (Å²) in [6.07, 6.45) is 0. The van der Waals surface area contributed by atoms with E-state index in [0.29, 0.717) is 12.1 Å². The average molecular weight is 129 g/mol. The van der Waals surface area contributed by atoms with Crippen molar-refractivity contribution in [2.75, 3.05) is 6.54 Å². The van der Waals surface area contributed by atoms with Crippen LogP contribution in [0.1, 0.15) is 13.8 Å². The van der Waals surface area contributed by atoms with E-state index < -0.39 is 5.83 Å². The third kappa shape index (κ3) is 2.42. The summed E-state index contributed by atoms with van der Waals surface area (Å²) in [4.78, 5) is 0. The van der Waals surface area contributed by atoms with Gasteiger partial charge in [-0.2, -0.15) is 0 Å². The highest BCUT2D eigenvalue weighted by Gasteiger charge is 1.96. The molecule has 0 aromatic heterocycles. The van der Waals surface area contributed by atoms with Crippen molar-refractivity contribution in [3.63, 3.8) is 0 Å². The van der Waals surface area contributed by atoms with Crippen molar-refractivity contribution in [1.29, 1.82) is 0 Å². The number of nitrogens with two attached hydrogens (primary N) is 1. The van der Waals surface area contributed by atoms with E-state index >= 15 is 0 Å². The Bertz CT molecular complexity index is 147. The summed E-state index contributed by atoms with van der Waals surface area (Å²) in [5, 5.41) is 0. The van der Waals surface area contributed by atoms with E-state index in [-0.39, 0.29) is 0 Å². The van der Waals surface area contributed by atoms with Gasteiger partial charge in [0.15, 0.2) is 0 Å². The average Bonchev–Trinajstić information content (AvgIpc) is 1.84. The zero-order chi connectivity index (χ0) is 7.44. The van der Waals surface area contributed by atoms with Gasteiger partial charge >= 0.3 is 0 Å². The molecule has 52 valence electrons. The van der Waals surface area contributed by atoms with Crippen LogP contribution in [-0.2, 0) is 0 Å². The molecule has 0 aromatic rings. The highest BCUT2D eigenvalue weighted by Crippen LogP contribution is 2.11. The Balaban J connectivity index is 4.28. The highest BCUT2D eigenvalue weighted by atomic mass is 19.1. The van der Waals surface area contributed by atoms with Crippen LogP contribution in [0.3, 0.4) is 0 Å². The first kappa shape index (κ1) is 8.37. The fraction of sp³-hybridized carbons (Fsp3) is 0.429. The summed E-state index contributed by atoms with van der Waals surface area (Å²) in [7, 11) is 0. The van der Waals surface area contributed by atoms with Crippen LogP contribution in [0.4, 0.5) is 4.39 Å². The van der Waals surface area contributed by atoms with Gasteiger partial charge in [-0.25, -0.2) is 4.39 Å². The van der Waals surface area contributed by atoms with E-state index in [4.69, 9.17) is 5.73 Å². The van der Waals surface area contributed by atoms with E-state index in [1.54, 1.807) is 13.8 Å². The van der Waals surface area contributed by atoms with Gasteiger partial charge in [0.1, 0.15) is 5.83 Å². The Morgan fingerprint density at radius 3 is 2.11 bits per heavy atom. The van der Waals surface area contributed by atoms with Gasteiger partial charge in [-0.3, -0.25) is 0 Å². The molecule has 0 aromatic carbocycles. The van der Waals surface area contributed by atoms with Gasteiger partial charge in [-0.15, -0.1) is 0 Å². The number of hydrogen-bond acceptors (Lipinski definition) is 1. The van der Waals surface area contributed by atoms with Gasteiger partial charge in [0.05, 0.1) is 0 Å². The molecule has 0 aliphatic rings. The summed E-state index contributed by atoms with van der Waals surface area (Å²) < 4.78 is 12.2. The molecule has 0 saturated carbocycles. The van der Waals surface area contributed by atoms with Crippen molar-refractivity contribution in [1.82, 2.24) is 0 Å².